The van der Waals surface area contributed by atoms with E-state index >= 15 is 0 Å². The van der Waals surface area contributed by atoms with Crippen LogP contribution in [0.5, 0.6) is 0 Å². The Labute approximate surface area is 248 Å². The molecular weight excluding hydrogens is 565 g/mol. The van der Waals surface area contributed by atoms with Crippen LogP contribution in [0.4, 0.5) is 9.39 Å². The lowest BCUT2D eigenvalue weighted by Crippen LogP contribution is -2.55. The molecule has 2 aromatic rings. The van der Waals surface area contributed by atoms with E-state index in [0.29, 0.717) is 12.0 Å². The van der Waals surface area contributed by atoms with Gasteiger partial charge in [0.05, 0.1) is 22.4 Å². The molecule has 0 aliphatic carbocycles. The minimum atomic E-state index is -1.31. The molecule has 0 radical (unpaired) electrons. The van der Waals surface area contributed by atoms with Crippen LogP contribution in [0.25, 0.3) is 0 Å². The van der Waals surface area contributed by atoms with Crippen molar-refractivity contribution in [2.24, 2.45) is 17.6 Å². The molecule has 1 heterocycles. The number of anilines is 1. The topological polar surface area (TPSA) is 180 Å². The number of carboxylic acids is 1. The average molecular weight is 606 g/mol. The fraction of sp³-hybridized carbons (Fsp3) is 0.483. The van der Waals surface area contributed by atoms with Crippen molar-refractivity contribution < 1.29 is 33.5 Å². The second-order valence-electron chi connectivity index (χ2n) is 10.6. The summed E-state index contributed by atoms with van der Waals surface area (Å²) < 4.78 is 13.3. The zero-order valence-electron chi connectivity index (χ0n) is 24.7. The lowest BCUT2D eigenvalue weighted by molar-refractivity contribution is -0.131. The molecule has 3 unspecified atom stereocenters. The van der Waals surface area contributed by atoms with Crippen LogP contribution >= 0.6 is 11.3 Å². The number of halogens is 1. The lowest BCUT2D eigenvalue weighted by Gasteiger charge is -2.24. The van der Waals surface area contributed by atoms with Gasteiger partial charge in [0.15, 0.2) is 0 Å². The summed E-state index contributed by atoms with van der Waals surface area (Å²) in [5.74, 6) is -4.63. The Morgan fingerprint density at radius 3 is 2.05 bits per heavy atom. The third-order valence-corrected chi connectivity index (χ3v) is 7.98. The number of aromatic carboxylic acids is 1. The van der Waals surface area contributed by atoms with Crippen molar-refractivity contribution >= 4 is 45.9 Å². The summed E-state index contributed by atoms with van der Waals surface area (Å²) in [7, 11) is 0. The van der Waals surface area contributed by atoms with Gasteiger partial charge in [-0.1, -0.05) is 46.8 Å². The van der Waals surface area contributed by atoms with Crippen LogP contribution in [-0.2, 0) is 14.4 Å². The summed E-state index contributed by atoms with van der Waals surface area (Å²) in [6.07, 6.45) is 0.384. The van der Waals surface area contributed by atoms with Crippen molar-refractivity contribution in [1.29, 1.82) is 0 Å². The summed E-state index contributed by atoms with van der Waals surface area (Å²) in [5, 5.41) is 20.4. The van der Waals surface area contributed by atoms with E-state index in [0.717, 1.165) is 11.3 Å². The van der Waals surface area contributed by atoms with Crippen LogP contribution in [-0.4, -0.2) is 59.9 Å². The number of carbonyl (C=O) groups is 5. The van der Waals surface area contributed by atoms with E-state index in [4.69, 9.17) is 5.73 Å². The number of nitrogens with one attached hydrogen (secondary N) is 4. The number of benzene rings is 1. The van der Waals surface area contributed by atoms with Gasteiger partial charge >= 0.3 is 5.97 Å². The smallest absolute Gasteiger partial charge is 0.339 e. The number of nitrogens with two attached hydrogens (primary N) is 1. The Morgan fingerprint density at radius 2 is 1.52 bits per heavy atom. The Kier molecular flexibility index (Phi) is 12.6. The normalized spacial score (nSPS) is 13.3. The van der Waals surface area contributed by atoms with E-state index in [1.165, 1.54) is 31.2 Å². The maximum Gasteiger partial charge on any atom is 0.339 e. The highest BCUT2D eigenvalue weighted by Gasteiger charge is 2.29. The Morgan fingerprint density at radius 1 is 0.929 bits per heavy atom. The van der Waals surface area contributed by atoms with Gasteiger partial charge in [-0.05, 0) is 48.4 Å². The summed E-state index contributed by atoms with van der Waals surface area (Å²) in [4.78, 5) is 63.1. The quantitative estimate of drug-likeness (QED) is 0.179. The van der Waals surface area contributed by atoms with Crippen molar-refractivity contribution in [2.75, 3.05) is 18.4 Å². The fourth-order valence-electron chi connectivity index (χ4n) is 4.18. The number of amides is 4. The van der Waals surface area contributed by atoms with E-state index in [9.17, 15) is 33.5 Å². The molecule has 0 saturated heterocycles. The third kappa shape index (κ3) is 8.83. The van der Waals surface area contributed by atoms with E-state index in [-0.39, 0.29) is 45.9 Å². The molecule has 13 heteroatoms. The van der Waals surface area contributed by atoms with Gasteiger partial charge in [-0.3, -0.25) is 19.2 Å². The summed E-state index contributed by atoms with van der Waals surface area (Å²) >= 11 is 0.830. The Bertz CT molecular complexity index is 1290. The molecule has 7 N–H and O–H groups in total. The number of carboxylic acid groups (broad SMARTS) is 1. The molecule has 0 fully saturated rings. The van der Waals surface area contributed by atoms with Gasteiger partial charge in [-0.25, -0.2) is 9.18 Å². The van der Waals surface area contributed by atoms with E-state index < -0.39 is 53.4 Å². The molecular formula is C29H40FN5O6S. The van der Waals surface area contributed by atoms with Gasteiger partial charge < -0.3 is 32.1 Å². The SMILES string of the molecule is CCC(C(=O)Nc1sc(C(=O)NCCNC(=O)C(NC(=O)C(N)C(C)C)C(C)C)c(C)c1C(=O)O)c1ccc(F)cc1. The highest BCUT2D eigenvalue weighted by Crippen LogP contribution is 2.34. The average Bonchev–Trinajstić information content (AvgIpc) is 3.25. The second kappa shape index (κ2) is 15.4. The zero-order valence-corrected chi connectivity index (χ0v) is 25.5. The molecule has 230 valence electrons. The molecule has 1 aromatic carbocycles. The van der Waals surface area contributed by atoms with Crippen molar-refractivity contribution in [3.63, 3.8) is 0 Å². The van der Waals surface area contributed by atoms with E-state index in [1.807, 2.05) is 0 Å². The van der Waals surface area contributed by atoms with Gasteiger partial charge in [0.1, 0.15) is 16.9 Å². The van der Waals surface area contributed by atoms with E-state index in [2.05, 4.69) is 21.3 Å². The van der Waals surface area contributed by atoms with E-state index in [1.54, 1.807) is 34.6 Å². The molecule has 0 spiro atoms. The molecule has 3 atom stereocenters. The minimum absolute atomic E-state index is 0.0131. The first-order chi connectivity index (χ1) is 19.7. The van der Waals surface area contributed by atoms with Crippen LogP contribution in [0.3, 0.4) is 0 Å². The highest BCUT2D eigenvalue weighted by atomic mass is 32.1. The standard InChI is InChI=1S/C29H40FN5O6S/c1-7-19(17-8-10-18(30)11-9-17)24(36)35-28-20(29(40)41)16(6)23(42-28)27(39)33-13-12-32-26(38)22(15(4)5)34-25(37)21(31)14(2)3/h8-11,14-15,19,21-22H,7,12-13,31H2,1-6H3,(H,32,38)(H,33,39)(H,34,37)(H,35,36)(H,40,41). The number of hydrogen-bond donors (Lipinski definition) is 6. The summed E-state index contributed by atoms with van der Waals surface area (Å²) in [6, 6.07) is 3.91. The molecule has 1 aromatic heterocycles. The predicted octanol–water partition coefficient (Wildman–Crippen LogP) is 3.00. The first-order valence-electron chi connectivity index (χ1n) is 13.7. The van der Waals surface area contributed by atoms with Gasteiger partial charge in [0.2, 0.25) is 17.7 Å². The largest absolute Gasteiger partial charge is 0.478 e. The first kappa shape index (κ1) is 34.4. The van der Waals surface area contributed by atoms with Crippen molar-refractivity contribution in [1.82, 2.24) is 16.0 Å². The molecule has 4 amide bonds. The number of hydrogen-bond acceptors (Lipinski definition) is 7. The second-order valence-corrected chi connectivity index (χ2v) is 11.6. The molecule has 0 bridgehead atoms. The summed E-state index contributed by atoms with van der Waals surface area (Å²) in [6.45, 7) is 10.5. The molecule has 0 aliphatic heterocycles. The first-order valence-corrected chi connectivity index (χ1v) is 14.6. The van der Waals surface area contributed by atoms with Gasteiger partial charge in [-0.15, -0.1) is 11.3 Å². The third-order valence-electron chi connectivity index (χ3n) is 6.78. The number of thiophene rings is 1. The number of carbonyl (C=O) groups excluding carboxylic acids is 4. The molecule has 42 heavy (non-hydrogen) atoms. The van der Waals surface area contributed by atoms with Crippen molar-refractivity contribution in [3.05, 3.63) is 51.7 Å². The van der Waals surface area contributed by atoms with Crippen LogP contribution in [0.15, 0.2) is 24.3 Å². The van der Waals surface area contributed by atoms with Crippen molar-refractivity contribution in [2.45, 2.75) is 66.0 Å². The maximum atomic E-state index is 13.3. The van der Waals surface area contributed by atoms with Crippen LogP contribution in [0, 0.1) is 24.6 Å². The minimum Gasteiger partial charge on any atom is -0.478 e. The Hall–Kier alpha value is -3.84. The van der Waals surface area contributed by atoms with Gasteiger partial charge in [0.25, 0.3) is 5.91 Å². The highest BCUT2D eigenvalue weighted by molar-refractivity contribution is 7.18. The van der Waals surface area contributed by atoms with Gasteiger partial charge in [0, 0.05) is 13.1 Å². The summed E-state index contributed by atoms with van der Waals surface area (Å²) in [5.41, 5.74) is 6.44. The zero-order chi connectivity index (χ0) is 31.7. The van der Waals surface area contributed by atoms with Crippen molar-refractivity contribution in [3.8, 4) is 0 Å². The molecule has 0 aliphatic rings. The van der Waals surface area contributed by atoms with Crippen LogP contribution in [0.1, 0.15) is 78.1 Å². The molecule has 2 rings (SSSR count). The van der Waals surface area contributed by atoms with Crippen LogP contribution < -0.4 is 27.0 Å². The molecule has 0 saturated carbocycles. The van der Waals surface area contributed by atoms with Gasteiger partial charge in [-0.2, -0.15) is 0 Å². The lowest BCUT2D eigenvalue weighted by atomic mass is 9.95. The monoisotopic (exact) mass is 605 g/mol. The fourth-order valence-corrected chi connectivity index (χ4v) is 5.30. The van der Waals surface area contributed by atoms with Crippen LogP contribution in [0.2, 0.25) is 0 Å². The number of rotatable bonds is 14. The Balaban J connectivity index is 2.06. The molecule has 11 nitrogen and oxygen atoms in total. The maximum absolute atomic E-state index is 13.3. The predicted molar refractivity (Wildman–Crippen MR) is 159 cm³/mol.